The molecule has 0 atom stereocenters. The van der Waals surface area contributed by atoms with E-state index in [1.54, 1.807) is 18.7 Å². The summed E-state index contributed by atoms with van der Waals surface area (Å²) in [5, 5.41) is 0. The van der Waals surface area contributed by atoms with Gasteiger partial charge in [0.15, 0.2) is 0 Å². The molecule has 0 saturated heterocycles. The van der Waals surface area contributed by atoms with Crippen LogP contribution in [-0.4, -0.2) is 22.6 Å². The summed E-state index contributed by atoms with van der Waals surface area (Å²) < 4.78 is 39.6. The third kappa shape index (κ3) is 4.59. The van der Waals surface area contributed by atoms with Gasteiger partial charge in [-0.05, 0) is 35.8 Å². The van der Waals surface area contributed by atoms with Crippen LogP contribution in [0.15, 0.2) is 16.7 Å². The Morgan fingerprint density at radius 1 is 1.50 bits per heavy atom. The van der Waals surface area contributed by atoms with Crippen molar-refractivity contribution < 1.29 is 13.2 Å². The second-order valence-electron chi connectivity index (χ2n) is 4.53. The molecule has 0 aliphatic rings. The summed E-state index contributed by atoms with van der Waals surface area (Å²) in [5.41, 5.74) is 4.65. The van der Waals surface area contributed by atoms with Crippen LogP contribution < -0.4 is 10.6 Å². The van der Waals surface area contributed by atoms with Gasteiger partial charge in [-0.3, -0.25) is 0 Å². The first-order valence-corrected chi connectivity index (χ1v) is 7.10. The Hall–Kier alpha value is -0.890. The molecule has 0 aliphatic heterocycles. The van der Waals surface area contributed by atoms with Gasteiger partial charge >= 0.3 is 6.18 Å². The normalized spacial score (nSPS) is 11.8. The quantitative estimate of drug-likeness (QED) is 0.802. The first-order chi connectivity index (χ1) is 9.12. The van der Waals surface area contributed by atoms with E-state index in [9.17, 15) is 13.2 Å². The van der Waals surface area contributed by atoms with E-state index in [1.165, 1.54) is 6.20 Å². The standard InChI is InChI=1S/C12H15BrF3N3S/c1-7(2)19(4-3-10(17)20)11-9(12(14,15)16)5-8(13)6-18-11/h5-7H,3-4H2,1-2H3,(H2,17,20). The molecule has 1 aromatic heterocycles. The van der Waals surface area contributed by atoms with Gasteiger partial charge in [-0.1, -0.05) is 12.2 Å². The van der Waals surface area contributed by atoms with Crippen LogP contribution in [0.5, 0.6) is 0 Å². The average Bonchev–Trinajstić information content (AvgIpc) is 2.28. The summed E-state index contributed by atoms with van der Waals surface area (Å²) in [5.74, 6) is -0.105. The maximum atomic E-state index is 13.1. The molecule has 1 rings (SSSR count). The highest BCUT2D eigenvalue weighted by molar-refractivity contribution is 9.10. The van der Waals surface area contributed by atoms with E-state index < -0.39 is 11.7 Å². The highest BCUT2D eigenvalue weighted by atomic mass is 79.9. The van der Waals surface area contributed by atoms with E-state index in [0.29, 0.717) is 13.0 Å². The topological polar surface area (TPSA) is 42.1 Å². The molecular formula is C12H15BrF3N3S. The van der Waals surface area contributed by atoms with Crippen LogP contribution >= 0.6 is 28.1 Å². The minimum atomic E-state index is -4.47. The third-order valence-corrected chi connectivity index (χ3v) is 3.27. The van der Waals surface area contributed by atoms with Crippen molar-refractivity contribution in [1.82, 2.24) is 4.98 Å². The number of hydrogen-bond donors (Lipinski definition) is 1. The van der Waals surface area contributed by atoms with E-state index >= 15 is 0 Å². The molecule has 112 valence electrons. The highest BCUT2D eigenvalue weighted by Crippen LogP contribution is 2.37. The van der Waals surface area contributed by atoms with Crippen molar-refractivity contribution in [3.05, 3.63) is 22.3 Å². The number of anilines is 1. The van der Waals surface area contributed by atoms with Crippen LogP contribution in [0.2, 0.25) is 0 Å². The molecule has 0 fully saturated rings. The van der Waals surface area contributed by atoms with Crippen LogP contribution in [0.4, 0.5) is 19.0 Å². The summed E-state index contributed by atoms with van der Waals surface area (Å²) in [7, 11) is 0. The van der Waals surface area contributed by atoms with Crippen molar-refractivity contribution in [2.45, 2.75) is 32.5 Å². The minimum absolute atomic E-state index is 0.105. The zero-order chi connectivity index (χ0) is 15.5. The average molecular weight is 370 g/mol. The lowest BCUT2D eigenvalue weighted by Crippen LogP contribution is -2.36. The maximum Gasteiger partial charge on any atom is 0.419 e. The lowest BCUT2D eigenvalue weighted by Gasteiger charge is -2.30. The Morgan fingerprint density at radius 3 is 2.55 bits per heavy atom. The fraction of sp³-hybridized carbons (Fsp3) is 0.500. The van der Waals surface area contributed by atoms with Crippen LogP contribution in [0.3, 0.4) is 0 Å². The molecule has 20 heavy (non-hydrogen) atoms. The van der Waals surface area contributed by atoms with Crippen molar-refractivity contribution >= 4 is 39.0 Å². The summed E-state index contributed by atoms with van der Waals surface area (Å²) >= 11 is 7.79. The van der Waals surface area contributed by atoms with Crippen LogP contribution in [0.25, 0.3) is 0 Å². The van der Waals surface area contributed by atoms with Gasteiger partial charge in [-0.15, -0.1) is 0 Å². The Kier molecular flexibility index (Phi) is 5.76. The van der Waals surface area contributed by atoms with Gasteiger partial charge in [-0.25, -0.2) is 4.98 Å². The summed E-state index contributed by atoms with van der Waals surface area (Å²) in [6, 6.07) is 0.873. The second kappa shape index (κ2) is 6.71. The van der Waals surface area contributed by atoms with E-state index in [1.807, 2.05) is 0 Å². The number of alkyl halides is 3. The van der Waals surface area contributed by atoms with Gasteiger partial charge in [0.05, 0.1) is 10.6 Å². The summed E-state index contributed by atoms with van der Waals surface area (Å²) in [6.07, 6.45) is -2.79. The second-order valence-corrected chi connectivity index (χ2v) is 5.97. The predicted molar refractivity (Wildman–Crippen MR) is 80.8 cm³/mol. The minimum Gasteiger partial charge on any atom is -0.393 e. The molecular weight excluding hydrogens is 355 g/mol. The molecule has 1 heterocycles. The van der Waals surface area contributed by atoms with Crippen molar-refractivity contribution in [2.75, 3.05) is 11.4 Å². The molecule has 0 aromatic carbocycles. The molecule has 0 aliphatic carbocycles. The number of nitrogens with zero attached hydrogens (tertiary/aromatic N) is 2. The smallest absolute Gasteiger partial charge is 0.393 e. The molecule has 2 N–H and O–H groups in total. The summed E-state index contributed by atoms with van der Waals surface area (Å²) in [6.45, 7) is 3.89. The Bertz CT molecular complexity index is 491. The van der Waals surface area contributed by atoms with E-state index in [-0.39, 0.29) is 21.3 Å². The number of pyridine rings is 1. The molecule has 0 bridgehead atoms. The maximum absolute atomic E-state index is 13.1. The van der Waals surface area contributed by atoms with Crippen molar-refractivity contribution in [1.29, 1.82) is 0 Å². The van der Waals surface area contributed by atoms with Crippen LogP contribution in [0.1, 0.15) is 25.8 Å². The molecule has 0 unspecified atom stereocenters. The first-order valence-electron chi connectivity index (χ1n) is 5.90. The van der Waals surface area contributed by atoms with E-state index in [4.69, 9.17) is 18.0 Å². The SMILES string of the molecule is CC(C)N(CCC(N)=S)c1ncc(Br)cc1C(F)(F)F. The van der Waals surface area contributed by atoms with E-state index in [0.717, 1.165) is 6.07 Å². The lowest BCUT2D eigenvalue weighted by atomic mass is 10.2. The number of hydrogen-bond acceptors (Lipinski definition) is 3. The van der Waals surface area contributed by atoms with Gasteiger partial charge in [0.1, 0.15) is 5.82 Å². The number of halogens is 4. The van der Waals surface area contributed by atoms with Crippen molar-refractivity contribution in [2.24, 2.45) is 5.73 Å². The molecule has 8 heteroatoms. The molecule has 1 aromatic rings. The van der Waals surface area contributed by atoms with Crippen molar-refractivity contribution in [3.8, 4) is 0 Å². The van der Waals surface area contributed by atoms with Gasteiger partial charge in [-0.2, -0.15) is 13.2 Å². The first kappa shape index (κ1) is 17.2. The zero-order valence-corrected chi connectivity index (χ0v) is 13.4. The molecule has 0 saturated carbocycles. The van der Waals surface area contributed by atoms with Gasteiger partial charge < -0.3 is 10.6 Å². The van der Waals surface area contributed by atoms with Gasteiger partial charge in [0.25, 0.3) is 0 Å². The van der Waals surface area contributed by atoms with Gasteiger partial charge in [0.2, 0.25) is 0 Å². The Morgan fingerprint density at radius 2 is 2.10 bits per heavy atom. The number of thiocarbonyl (C=S) groups is 1. The number of rotatable bonds is 5. The van der Waals surface area contributed by atoms with Gasteiger partial charge in [0, 0.05) is 29.7 Å². The largest absolute Gasteiger partial charge is 0.419 e. The molecule has 0 spiro atoms. The van der Waals surface area contributed by atoms with Crippen molar-refractivity contribution in [3.63, 3.8) is 0 Å². The fourth-order valence-corrected chi connectivity index (χ4v) is 2.13. The Balaban J connectivity index is 3.22. The molecule has 0 radical (unpaired) electrons. The number of aromatic nitrogens is 1. The summed E-state index contributed by atoms with van der Waals surface area (Å²) in [4.78, 5) is 5.73. The lowest BCUT2D eigenvalue weighted by molar-refractivity contribution is -0.137. The third-order valence-electron chi connectivity index (χ3n) is 2.63. The van der Waals surface area contributed by atoms with E-state index in [2.05, 4.69) is 20.9 Å². The molecule has 0 amide bonds. The monoisotopic (exact) mass is 369 g/mol. The predicted octanol–water partition coefficient (Wildman–Crippen LogP) is 3.75. The Labute approximate surface area is 129 Å². The van der Waals surface area contributed by atoms with Crippen LogP contribution in [-0.2, 0) is 6.18 Å². The number of nitrogens with two attached hydrogens (primary N) is 1. The highest BCUT2D eigenvalue weighted by Gasteiger charge is 2.36. The fourth-order valence-electron chi connectivity index (χ4n) is 1.71. The van der Waals surface area contributed by atoms with Crippen LogP contribution in [0, 0.1) is 0 Å². The molecule has 3 nitrogen and oxygen atoms in total. The zero-order valence-electron chi connectivity index (χ0n) is 11.0.